The molecule has 0 spiro atoms. The van der Waals surface area contributed by atoms with E-state index in [0.29, 0.717) is 11.5 Å². The van der Waals surface area contributed by atoms with Gasteiger partial charge in [0.2, 0.25) is 0 Å². The van der Waals surface area contributed by atoms with Crippen LogP contribution in [0.3, 0.4) is 0 Å². The third kappa shape index (κ3) is 2.17. The van der Waals surface area contributed by atoms with Gasteiger partial charge in [-0.15, -0.1) is 0 Å². The van der Waals surface area contributed by atoms with Crippen LogP contribution in [0, 0.1) is 0 Å². The summed E-state index contributed by atoms with van der Waals surface area (Å²) >= 11 is 0. The fourth-order valence-electron chi connectivity index (χ4n) is 2.25. The lowest BCUT2D eigenvalue weighted by Gasteiger charge is -2.09. The number of benzene rings is 2. The van der Waals surface area contributed by atoms with Crippen LogP contribution in [0.2, 0.25) is 0 Å². The first-order chi connectivity index (χ1) is 9.81. The Balaban J connectivity index is 2.10. The van der Waals surface area contributed by atoms with E-state index in [9.17, 15) is 0 Å². The molecule has 3 rings (SSSR count). The van der Waals surface area contributed by atoms with E-state index < -0.39 is 0 Å². The Kier molecular flexibility index (Phi) is 3.23. The van der Waals surface area contributed by atoms with Crippen LogP contribution < -0.4 is 10.8 Å². The summed E-state index contributed by atoms with van der Waals surface area (Å²) in [5.41, 5.74) is 4.59. The molecule has 0 bridgehead atoms. The maximum absolute atomic E-state index is 9.02. The zero-order valence-corrected chi connectivity index (χ0v) is 11.1. The first-order valence-electron chi connectivity index (χ1n) is 6.40. The molecule has 3 aromatic rings. The fraction of sp³-hybridized carbons (Fsp3) is 0.0625. The Morgan fingerprint density at radius 3 is 2.50 bits per heavy atom. The van der Waals surface area contributed by atoms with Crippen LogP contribution in [0.15, 0.2) is 54.6 Å². The Labute approximate surface area is 117 Å². The highest BCUT2D eigenvalue weighted by atomic mass is 16.5. The van der Waals surface area contributed by atoms with Gasteiger partial charge in [-0.1, -0.05) is 36.4 Å². The molecule has 3 N–H and O–H groups in total. The lowest BCUT2D eigenvalue weighted by molar-refractivity contribution is 0.389. The van der Waals surface area contributed by atoms with Gasteiger partial charge in [0.25, 0.3) is 0 Å². The van der Waals surface area contributed by atoms with Gasteiger partial charge in [-0.05, 0) is 29.0 Å². The first-order valence-corrected chi connectivity index (χ1v) is 6.40. The van der Waals surface area contributed by atoms with Crippen LogP contribution >= 0.6 is 0 Å². The molecule has 4 nitrogen and oxygen atoms in total. The van der Waals surface area contributed by atoms with Gasteiger partial charge in [-0.25, -0.2) is 4.98 Å². The van der Waals surface area contributed by atoms with Crippen molar-refractivity contribution in [3.8, 4) is 11.3 Å². The Morgan fingerprint density at radius 2 is 1.75 bits per heavy atom. The van der Waals surface area contributed by atoms with Gasteiger partial charge in [0.1, 0.15) is 5.69 Å². The topological polar surface area (TPSA) is 57.2 Å². The second kappa shape index (κ2) is 5.19. The van der Waals surface area contributed by atoms with Crippen molar-refractivity contribution in [3.63, 3.8) is 0 Å². The van der Waals surface area contributed by atoms with Crippen molar-refractivity contribution < 1.29 is 5.21 Å². The molecule has 0 saturated heterocycles. The van der Waals surface area contributed by atoms with E-state index in [4.69, 9.17) is 5.21 Å². The highest BCUT2D eigenvalue weighted by Gasteiger charge is 2.06. The smallest absolute Gasteiger partial charge is 0.152 e. The summed E-state index contributed by atoms with van der Waals surface area (Å²) in [7, 11) is 1.77. The summed E-state index contributed by atoms with van der Waals surface area (Å²) in [4.78, 5) is 4.51. The highest BCUT2D eigenvalue weighted by molar-refractivity contribution is 5.87. The lowest BCUT2D eigenvalue weighted by Crippen LogP contribution is -2.00. The molecule has 0 atom stereocenters. The number of nitrogens with zero attached hydrogens (tertiary/aromatic N) is 1. The molecule has 1 heterocycles. The van der Waals surface area contributed by atoms with Gasteiger partial charge >= 0.3 is 0 Å². The summed E-state index contributed by atoms with van der Waals surface area (Å²) in [6, 6.07) is 18.2. The number of nitrogens with one attached hydrogen (secondary N) is 2. The largest absolute Gasteiger partial charge is 0.371 e. The van der Waals surface area contributed by atoms with Crippen LogP contribution in [0.5, 0.6) is 0 Å². The average molecular weight is 265 g/mol. The Morgan fingerprint density at radius 1 is 0.950 bits per heavy atom. The molecule has 2 aromatic carbocycles. The lowest BCUT2D eigenvalue weighted by atomic mass is 10.0. The molecular formula is C16H15N3O. The molecule has 0 radical (unpaired) electrons. The Bertz CT molecular complexity index is 756. The van der Waals surface area contributed by atoms with Gasteiger partial charge in [-0.3, -0.25) is 10.7 Å². The van der Waals surface area contributed by atoms with Crippen LogP contribution in [0.25, 0.3) is 22.0 Å². The SMILES string of the molecule is CNc1nc(-c2ccc3ccccc3c2)ccc1NO. The standard InChI is InChI=1S/C16H15N3O/c1-17-16-15(19-20)9-8-14(18-16)13-7-6-11-4-2-3-5-12(11)10-13/h2-10,19-20H,1H3,(H,17,18). The summed E-state index contributed by atoms with van der Waals surface area (Å²) in [5.74, 6) is 0.609. The molecule has 20 heavy (non-hydrogen) atoms. The second-order valence-corrected chi connectivity index (χ2v) is 4.52. The van der Waals surface area contributed by atoms with Crippen molar-refractivity contribution in [3.05, 3.63) is 54.6 Å². The van der Waals surface area contributed by atoms with Crippen molar-refractivity contribution in [1.29, 1.82) is 0 Å². The summed E-state index contributed by atoms with van der Waals surface area (Å²) < 4.78 is 0. The van der Waals surface area contributed by atoms with Crippen LogP contribution in [0.4, 0.5) is 11.5 Å². The molecule has 4 heteroatoms. The van der Waals surface area contributed by atoms with Crippen LogP contribution in [0.1, 0.15) is 0 Å². The molecule has 0 aliphatic carbocycles. The minimum Gasteiger partial charge on any atom is -0.371 e. The van der Waals surface area contributed by atoms with Crippen molar-refractivity contribution >= 4 is 22.3 Å². The minimum atomic E-state index is 0.553. The molecule has 0 aliphatic rings. The molecule has 0 amide bonds. The predicted octanol–water partition coefficient (Wildman–Crippen LogP) is 3.74. The molecule has 0 unspecified atom stereocenters. The molecule has 1 aromatic heterocycles. The quantitative estimate of drug-likeness (QED) is 0.631. The molecule has 0 saturated carbocycles. The summed E-state index contributed by atoms with van der Waals surface area (Å²) in [6.45, 7) is 0. The number of rotatable bonds is 3. The predicted molar refractivity (Wildman–Crippen MR) is 82.1 cm³/mol. The maximum Gasteiger partial charge on any atom is 0.152 e. The maximum atomic E-state index is 9.02. The number of pyridine rings is 1. The van der Waals surface area contributed by atoms with E-state index in [1.54, 1.807) is 13.1 Å². The monoisotopic (exact) mass is 265 g/mol. The summed E-state index contributed by atoms with van der Waals surface area (Å²) in [6.07, 6.45) is 0. The molecule has 100 valence electrons. The zero-order chi connectivity index (χ0) is 13.9. The normalized spacial score (nSPS) is 10.5. The van der Waals surface area contributed by atoms with E-state index in [-0.39, 0.29) is 0 Å². The second-order valence-electron chi connectivity index (χ2n) is 4.52. The van der Waals surface area contributed by atoms with Crippen molar-refractivity contribution in [2.24, 2.45) is 0 Å². The number of anilines is 2. The number of hydrogen-bond acceptors (Lipinski definition) is 4. The number of fused-ring (bicyclic) bond motifs is 1. The van der Waals surface area contributed by atoms with Crippen molar-refractivity contribution in [1.82, 2.24) is 4.98 Å². The average Bonchev–Trinajstić information content (AvgIpc) is 2.53. The third-order valence-electron chi connectivity index (χ3n) is 3.30. The number of hydrogen-bond donors (Lipinski definition) is 3. The molecular weight excluding hydrogens is 250 g/mol. The van der Waals surface area contributed by atoms with Crippen LogP contribution in [-0.4, -0.2) is 17.2 Å². The van der Waals surface area contributed by atoms with Gasteiger partial charge < -0.3 is 5.32 Å². The Hall–Kier alpha value is -2.59. The van der Waals surface area contributed by atoms with Gasteiger partial charge in [0, 0.05) is 12.6 Å². The van der Waals surface area contributed by atoms with Crippen LogP contribution in [-0.2, 0) is 0 Å². The van der Waals surface area contributed by atoms with Crippen molar-refractivity contribution in [2.45, 2.75) is 0 Å². The van der Waals surface area contributed by atoms with E-state index in [2.05, 4.69) is 46.1 Å². The number of aromatic nitrogens is 1. The van der Waals surface area contributed by atoms with E-state index >= 15 is 0 Å². The first kappa shape index (κ1) is 12.4. The van der Waals surface area contributed by atoms with E-state index in [1.807, 2.05) is 18.2 Å². The third-order valence-corrected chi connectivity index (χ3v) is 3.30. The molecule has 0 aliphatic heterocycles. The van der Waals surface area contributed by atoms with Crippen molar-refractivity contribution in [2.75, 3.05) is 17.8 Å². The van der Waals surface area contributed by atoms with E-state index in [0.717, 1.165) is 11.3 Å². The molecule has 0 fully saturated rings. The van der Waals surface area contributed by atoms with Gasteiger partial charge in [-0.2, -0.15) is 0 Å². The van der Waals surface area contributed by atoms with Gasteiger partial charge in [0.15, 0.2) is 5.82 Å². The summed E-state index contributed by atoms with van der Waals surface area (Å²) in [5, 5.41) is 14.4. The minimum absolute atomic E-state index is 0.553. The fourth-order valence-corrected chi connectivity index (χ4v) is 2.25. The highest BCUT2D eigenvalue weighted by Crippen LogP contribution is 2.27. The zero-order valence-electron chi connectivity index (χ0n) is 11.1. The van der Waals surface area contributed by atoms with E-state index in [1.165, 1.54) is 10.8 Å². The van der Waals surface area contributed by atoms with Gasteiger partial charge in [0.05, 0.1) is 5.69 Å².